The van der Waals surface area contributed by atoms with Crippen molar-refractivity contribution >= 4 is 23.6 Å². The Balaban J connectivity index is 1.71. The number of hydrogen-bond acceptors (Lipinski definition) is 4. The minimum Gasteiger partial charge on any atom is -0.342 e. The van der Waals surface area contributed by atoms with Gasteiger partial charge in [-0.05, 0) is 25.5 Å². The molecule has 2 saturated heterocycles. The minimum atomic E-state index is 0.222. The number of nitrogens with zero attached hydrogens (tertiary/aromatic N) is 3. The molecule has 2 heterocycles. The first-order valence-corrected chi connectivity index (χ1v) is 8.87. The van der Waals surface area contributed by atoms with E-state index in [0.717, 1.165) is 52.1 Å². The standard InChI is InChI=1S/C14H25N3O2S/c1-20-12-14(19)17-9-7-15(8-10-17)11-13(18)16-5-3-2-4-6-16/h2-12H2,1H3. The number of likely N-dealkylation sites (tertiary alicyclic amines) is 1. The Morgan fingerprint density at radius 1 is 0.850 bits per heavy atom. The number of carbonyl (C=O) groups excluding carboxylic acids is 2. The van der Waals surface area contributed by atoms with E-state index in [1.165, 1.54) is 6.42 Å². The zero-order valence-electron chi connectivity index (χ0n) is 12.3. The Morgan fingerprint density at radius 2 is 1.45 bits per heavy atom. The van der Waals surface area contributed by atoms with E-state index in [4.69, 9.17) is 0 Å². The van der Waals surface area contributed by atoms with Crippen molar-refractivity contribution in [3.8, 4) is 0 Å². The van der Waals surface area contributed by atoms with Gasteiger partial charge >= 0.3 is 0 Å². The average Bonchev–Trinajstić information content (AvgIpc) is 2.49. The van der Waals surface area contributed by atoms with Gasteiger partial charge in [-0.1, -0.05) is 0 Å². The van der Waals surface area contributed by atoms with Gasteiger partial charge in [0.25, 0.3) is 0 Å². The maximum absolute atomic E-state index is 12.2. The Bertz CT molecular complexity index is 337. The highest BCUT2D eigenvalue weighted by Gasteiger charge is 2.24. The average molecular weight is 299 g/mol. The van der Waals surface area contributed by atoms with Gasteiger partial charge in [0, 0.05) is 39.3 Å². The van der Waals surface area contributed by atoms with Gasteiger partial charge in [-0.2, -0.15) is 11.8 Å². The topological polar surface area (TPSA) is 43.9 Å². The van der Waals surface area contributed by atoms with E-state index >= 15 is 0 Å². The monoisotopic (exact) mass is 299 g/mol. The molecule has 0 aromatic heterocycles. The summed E-state index contributed by atoms with van der Waals surface area (Å²) in [5.74, 6) is 1.04. The molecule has 2 aliphatic heterocycles. The maximum Gasteiger partial charge on any atom is 0.236 e. The third-order valence-corrected chi connectivity index (χ3v) is 4.60. The van der Waals surface area contributed by atoms with E-state index < -0.39 is 0 Å². The molecule has 20 heavy (non-hydrogen) atoms. The molecule has 0 unspecified atom stereocenters. The number of amides is 2. The minimum absolute atomic E-state index is 0.222. The van der Waals surface area contributed by atoms with Crippen LogP contribution in [0.3, 0.4) is 0 Å². The molecule has 0 saturated carbocycles. The first-order chi connectivity index (χ1) is 9.70. The second-order valence-corrected chi connectivity index (χ2v) is 6.40. The summed E-state index contributed by atoms with van der Waals surface area (Å²) in [6.07, 6.45) is 5.48. The van der Waals surface area contributed by atoms with Crippen LogP contribution in [0.15, 0.2) is 0 Å². The second kappa shape index (κ2) is 7.88. The molecule has 0 atom stereocenters. The fourth-order valence-corrected chi connectivity index (χ4v) is 3.23. The predicted molar refractivity (Wildman–Crippen MR) is 81.8 cm³/mol. The van der Waals surface area contributed by atoms with Crippen molar-refractivity contribution in [1.82, 2.24) is 14.7 Å². The summed E-state index contributed by atoms with van der Waals surface area (Å²) >= 11 is 1.57. The van der Waals surface area contributed by atoms with Gasteiger partial charge < -0.3 is 9.80 Å². The van der Waals surface area contributed by atoms with E-state index in [1.807, 2.05) is 16.1 Å². The molecule has 2 rings (SSSR count). The van der Waals surface area contributed by atoms with E-state index in [9.17, 15) is 9.59 Å². The summed E-state index contributed by atoms with van der Waals surface area (Å²) in [7, 11) is 0. The fraction of sp³-hybridized carbons (Fsp3) is 0.857. The second-order valence-electron chi connectivity index (χ2n) is 5.53. The molecule has 114 valence electrons. The summed E-state index contributed by atoms with van der Waals surface area (Å²) < 4.78 is 0. The van der Waals surface area contributed by atoms with Crippen molar-refractivity contribution < 1.29 is 9.59 Å². The molecule has 0 aliphatic carbocycles. The van der Waals surface area contributed by atoms with Gasteiger partial charge in [-0.25, -0.2) is 0 Å². The van der Waals surface area contributed by atoms with E-state index in [1.54, 1.807) is 11.8 Å². The first-order valence-electron chi connectivity index (χ1n) is 7.47. The lowest BCUT2D eigenvalue weighted by atomic mass is 10.1. The van der Waals surface area contributed by atoms with Crippen LogP contribution in [-0.2, 0) is 9.59 Å². The molecule has 0 spiro atoms. The quantitative estimate of drug-likeness (QED) is 0.758. The van der Waals surface area contributed by atoms with Crippen molar-refractivity contribution in [2.75, 3.05) is 57.8 Å². The van der Waals surface area contributed by atoms with Crippen LogP contribution in [0.25, 0.3) is 0 Å². The van der Waals surface area contributed by atoms with Crippen LogP contribution in [-0.4, -0.2) is 84.3 Å². The third-order valence-electron chi connectivity index (χ3n) is 4.06. The molecule has 0 aromatic carbocycles. The van der Waals surface area contributed by atoms with Gasteiger partial charge in [0.05, 0.1) is 12.3 Å². The van der Waals surface area contributed by atoms with Crippen LogP contribution in [0.1, 0.15) is 19.3 Å². The molecular formula is C14H25N3O2S. The lowest BCUT2D eigenvalue weighted by Gasteiger charge is -2.36. The molecule has 0 N–H and O–H groups in total. The number of rotatable bonds is 4. The van der Waals surface area contributed by atoms with Crippen molar-refractivity contribution in [2.45, 2.75) is 19.3 Å². The van der Waals surface area contributed by atoms with Crippen LogP contribution < -0.4 is 0 Å². The van der Waals surface area contributed by atoms with Crippen molar-refractivity contribution in [2.24, 2.45) is 0 Å². The van der Waals surface area contributed by atoms with Crippen LogP contribution in [0.5, 0.6) is 0 Å². The molecular weight excluding hydrogens is 274 g/mol. The molecule has 2 fully saturated rings. The summed E-state index contributed by atoms with van der Waals surface area (Å²) in [6, 6.07) is 0. The van der Waals surface area contributed by atoms with Gasteiger partial charge in [0.2, 0.25) is 11.8 Å². The number of piperazine rings is 1. The predicted octanol–water partition coefficient (Wildman–Crippen LogP) is 0.506. The van der Waals surface area contributed by atoms with Crippen LogP contribution in [0.2, 0.25) is 0 Å². The zero-order valence-corrected chi connectivity index (χ0v) is 13.2. The lowest BCUT2D eigenvalue weighted by molar-refractivity contribution is -0.134. The summed E-state index contributed by atoms with van der Waals surface area (Å²) in [5.41, 5.74) is 0. The lowest BCUT2D eigenvalue weighted by Crippen LogP contribution is -2.52. The smallest absolute Gasteiger partial charge is 0.236 e. The number of thioether (sulfide) groups is 1. The third kappa shape index (κ3) is 4.38. The van der Waals surface area contributed by atoms with Crippen LogP contribution in [0, 0.1) is 0 Å². The highest BCUT2D eigenvalue weighted by Crippen LogP contribution is 2.10. The highest BCUT2D eigenvalue weighted by molar-refractivity contribution is 7.99. The Labute approximate surface area is 125 Å². The Hall–Kier alpha value is -0.750. The fourth-order valence-electron chi connectivity index (χ4n) is 2.80. The molecule has 2 amide bonds. The Morgan fingerprint density at radius 3 is 2.05 bits per heavy atom. The van der Waals surface area contributed by atoms with Crippen LogP contribution >= 0.6 is 11.8 Å². The SMILES string of the molecule is CSCC(=O)N1CCN(CC(=O)N2CCCCC2)CC1. The number of carbonyl (C=O) groups is 2. The largest absolute Gasteiger partial charge is 0.342 e. The summed E-state index contributed by atoms with van der Waals surface area (Å²) in [6.45, 7) is 5.51. The molecule has 6 heteroatoms. The molecule has 2 aliphatic rings. The molecule has 0 aromatic rings. The first kappa shape index (κ1) is 15.6. The number of hydrogen-bond donors (Lipinski definition) is 0. The number of piperidine rings is 1. The summed E-state index contributed by atoms with van der Waals surface area (Å²) in [5, 5.41) is 0. The highest BCUT2D eigenvalue weighted by atomic mass is 32.2. The van der Waals surface area contributed by atoms with E-state index in [0.29, 0.717) is 12.3 Å². The molecule has 0 radical (unpaired) electrons. The Kier molecular flexibility index (Phi) is 6.16. The molecule has 0 bridgehead atoms. The van der Waals surface area contributed by atoms with Gasteiger partial charge in [-0.3, -0.25) is 14.5 Å². The van der Waals surface area contributed by atoms with Crippen molar-refractivity contribution in [1.29, 1.82) is 0 Å². The van der Waals surface area contributed by atoms with E-state index in [-0.39, 0.29) is 11.8 Å². The molecule has 5 nitrogen and oxygen atoms in total. The maximum atomic E-state index is 12.2. The van der Waals surface area contributed by atoms with Gasteiger partial charge in [-0.15, -0.1) is 0 Å². The van der Waals surface area contributed by atoms with Crippen molar-refractivity contribution in [3.05, 3.63) is 0 Å². The zero-order chi connectivity index (χ0) is 14.4. The van der Waals surface area contributed by atoms with Gasteiger partial charge in [0.1, 0.15) is 0 Å². The van der Waals surface area contributed by atoms with Crippen molar-refractivity contribution in [3.63, 3.8) is 0 Å². The van der Waals surface area contributed by atoms with Crippen LogP contribution in [0.4, 0.5) is 0 Å². The summed E-state index contributed by atoms with van der Waals surface area (Å²) in [4.78, 5) is 30.1. The van der Waals surface area contributed by atoms with Gasteiger partial charge in [0.15, 0.2) is 0 Å². The van der Waals surface area contributed by atoms with E-state index in [2.05, 4.69) is 4.90 Å². The normalized spacial score (nSPS) is 21.1.